The first kappa shape index (κ1) is 15.0. The van der Waals surface area contributed by atoms with Crippen LogP contribution in [0.3, 0.4) is 0 Å². The summed E-state index contributed by atoms with van der Waals surface area (Å²) in [6.45, 7) is 2.69. The molecule has 1 saturated carbocycles. The summed E-state index contributed by atoms with van der Waals surface area (Å²) in [7, 11) is 0. The highest BCUT2D eigenvalue weighted by Gasteiger charge is 2.23. The van der Waals surface area contributed by atoms with E-state index in [9.17, 15) is 4.79 Å². The molecule has 2 rings (SSSR count). The number of carbonyl (C=O) groups excluding carboxylic acids is 1. The van der Waals surface area contributed by atoms with Crippen molar-refractivity contribution in [2.45, 2.75) is 45.1 Å². The highest BCUT2D eigenvalue weighted by molar-refractivity contribution is 5.79. The first-order valence-electron chi connectivity index (χ1n) is 7.73. The molecule has 1 aliphatic carbocycles. The van der Waals surface area contributed by atoms with Crippen LogP contribution in [0.5, 0.6) is 0 Å². The zero-order chi connectivity index (χ0) is 14.4. The molecule has 3 heteroatoms. The molecule has 0 bridgehead atoms. The molecule has 0 aliphatic heterocycles. The predicted molar refractivity (Wildman–Crippen MR) is 82.3 cm³/mol. The van der Waals surface area contributed by atoms with Crippen LogP contribution in [0.1, 0.15) is 38.2 Å². The van der Waals surface area contributed by atoms with Crippen LogP contribution in [-0.4, -0.2) is 18.5 Å². The van der Waals surface area contributed by atoms with Crippen LogP contribution in [0.25, 0.3) is 0 Å². The lowest BCUT2D eigenvalue weighted by Crippen LogP contribution is -2.43. The van der Waals surface area contributed by atoms with E-state index in [4.69, 9.17) is 5.73 Å². The molecule has 1 aliphatic rings. The number of nitrogens with one attached hydrogen (secondary N) is 1. The van der Waals surface area contributed by atoms with Crippen LogP contribution in [-0.2, 0) is 11.2 Å². The summed E-state index contributed by atoms with van der Waals surface area (Å²) in [6.07, 6.45) is 5.38. The Morgan fingerprint density at radius 3 is 2.50 bits per heavy atom. The first-order chi connectivity index (χ1) is 9.69. The standard InChI is InChI=1S/C17H26N2O/c1-13-7-9-16(10-8-13)19-17(20)15(12-18)11-14-5-3-2-4-6-14/h2-6,13,15-16H,7-12,18H2,1H3,(H,19,20). The van der Waals surface area contributed by atoms with E-state index in [0.717, 1.165) is 25.2 Å². The van der Waals surface area contributed by atoms with E-state index in [-0.39, 0.29) is 11.8 Å². The van der Waals surface area contributed by atoms with Crippen LogP contribution < -0.4 is 11.1 Å². The van der Waals surface area contributed by atoms with Crippen LogP contribution in [0.15, 0.2) is 30.3 Å². The molecule has 1 fully saturated rings. The Bertz CT molecular complexity index is 410. The normalized spacial score (nSPS) is 24.1. The fourth-order valence-corrected chi connectivity index (χ4v) is 2.91. The van der Waals surface area contributed by atoms with Gasteiger partial charge in [-0.3, -0.25) is 4.79 Å². The van der Waals surface area contributed by atoms with Crippen molar-refractivity contribution in [2.75, 3.05) is 6.54 Å². The Kier molecular flexibility index (Phi) is 5.60. The number of nitrogens with two attached hydrogens (primary N) is 1. The second-order valence-corrected chi connectivity index (χ2v) is 6.09. The summed E-state index contributed by atoms with van der Waals surface area (Å²) in [5.41, 5.74) is 6.96. The van der Waals surface area contributed by atoms with E-state index in [1.54, 1.807) is 0 Å². The van der Waals surface area contributed by atoms with Gasteiger partial charge in [0.05, 0.1) is 5.92 Å². The maximum atomic E-state index is 12.3. The average Bonchev–Trinajstić information content (AvgIpc) is 2.48. The third kappa shape index (κ3) is 4.34. The topological polar surface area (TPSA) is 55.1 Å². The molecule has 0 aromatic heterocycles. The second-order valence-electron chi connectivity index (χ2n) is 6.09. The highest BCUT2D eigenvalue weighted by Crippen LogP contribution is 2.23. The SMILES string of the molecule is CC1CCC(NC(=O)C(CN)Cc2ccccc2)CC1. The molecule has 1 aromatic rings. The van der Waals surface area contributed by atoms with Gasteiger partial charge in [0.25, 0.3) is 0 Å². The Hall–Kier alpha value is -1.35. The highest BCUT2D eigenvalue weighted by atomic mass is 16.1. The van der Waals surface area contributed by atoms with Crippen molar-refractivity contribution in [3.63, 3.8) is 0 Å². The molecule has 1 unspecified atom stereocenters. The summed E-state index contributed by atoms with van der Waals surface area (Å²) < 4.78 is 0. The summed E-state index contributed by atoms with van der Waals surface area (Å²) in [5, 5.41) is 3.19. The van der Waals surface area contributed by atoms with Crippen molar-refractivity contribution < 1.29 is 4.79 Å². The van der Waals surface area contributed by atoms with Crippen LogP contribution >= 0.6 is 0 Å². The summed E-state index contributed by atoms with van der Waals surface area (Å²) in [4.78, 5) is 12.3. The lowest BCUT2D eigenvalue weighted by Gasteiger charge is -2.28. The zero-order valence-electron chi connectivity index (χ0n) is 12.3. The van der Waals surface area contributed by atoms with Gasteiger partial charge in [0, 0.05) is 12.6 Å². The van der Waals surface area contributed by atoms with Gasteiger partial charge in [0.2, 0.25) is 5.91 Å². The van der Waals surface area contributed by atoms with Gasteiger partial charge in [-0.1, -0.05) is 37.3 Å². The second kappa shape index (κ2) is 7.44. The molecular formula is C17H26N2O. The largest absolute Gasteiger partial charge is 0.353 e. The number of hydrogen-bond donors (Lipinski definition) is 2. The van der Waals surface area contributed by atoms with E-state index in [1.165, 1.54) is 18.4 Å². The summed E-state index contributed by atoms with van der Waals surface area (Å²) in [5.74, 6) is 0.811. The number of amides is 1. The minimum absolute atomic E-state index is 0.114. The number of benzene rings is 1. The molecule has 0 heterocycles. The molecule has 1 aromatic carbocycles. The average molecular weight is 274 g/mol. The monoisotopic (exact) mass is 274 g/mol. The number of rotatable bonds is 5. The minimum atomic E-state index is -0.114. The zero-order valence-corrected chi connectivity index (χ0v) is 12.3. The molecule has 110 valence electrons. The van der Waals surface area contributed by atoms with Crippen molar-refractivity contribution in [1.82, 2.24) is 5.32 Å². The molecular weight excluding hydrogens is 248 g/mol. The molecule has 0 saturated heterocycles. The number of carbonyl (C=O) groups is 1. The molecule has 3 nitrogen and oxygen atoms in total. The maximum absolute atomic E-state index is 12.3. The third-order valence-corrected chi connectivity index (χ3v) is 4.34. The quantitative estimate of drug-likeness (QED) is 0.866. The van der Waals surface area contributed by atoms with Crippen LogP contribution in [0.4, 0.5) is 0 Å². The summed E-state index contributed by atoms with van der Waals surface area (Å²) >= 11 is 0. The fourth-order valence-electron chi connectivity index (χ4n) is 2.91. The van der Waals surface area contributed by atoms with Gasteiger partial charge in [-0.2, -0.15) is 0 Å². The maximum Gasteiger partial charge on any atom is 0.224 e. The van der Waals surface area contributed by atoms with E-state index >= 15 is 0 Å². The Labute approximate surface area is 121 Å². The first-order valence-corrected chi connectivity index (χ1v) is 7.73. The molecule has 20 heavy (non-hydrogen) atoms. The van der Waals surface area contributed by atoms with Crippen LogP contribution in [0.2, 0.25) is 0 Å². The third-order valence-electron chi connectivity index (χ3n) is 4.34. The van der Waals surface area contributed by atoms with E-state index in [0.29, 0.717) is 12.6 Å². The Morgan fingerprint density at radius 2 is 1.90 bits per heavy atom. The molecule has 3 N–H and O–H groups in total. The Morgan fingerprint density at radius 1 is 1.25 bits per heavy atom. The molecule has 1 atom stereocenters. The Balaban J connectivity index is 1.86. The summed E-state index contributed by atoms with van der Waals surface area (Å²) in [6, 6.07) is 10.5. The van der Waals surface area contributed by atoms with Gasteiger partial charge in [0.1, 0.15) is 0 Å². The predicted octanol–water partition coefficient (Wildman–Crippen LogP) is 2.50. The van der Waals surface area contributed by atoms with E-state index in [2.05, 4.69) is 24.4 Å². The molecule has 0 radical (unpaired) electrons. The van der Waals surface area contributed by atoms with Crippen LogP contribution in [0, 0.1) is 11.8 Å². The van der Waals surface area contributed by atoms with Gasteiger partial charge in [0.15, 0.2) is 0 Å². The molecule has 0 spiro atoms. The van der Waals surface area contributed by atoms with Crippen molar-refractivity contribution >= 4 is 5.91 Å². The van der Waals surface area contributed by atoms with Crippen molar-refractivity contribution in [3.8, 4) is 0 Å². The minimum Gasteiger partial charge on any atom is -0.353 e. The van der Waals surface area contributed by atoms with Gasteiger partial charge in [-0.15, -0.1) is 0 Å². The smallest absolute Gasteiger partial charge is 0.224 e. The lowest BCUT2D eigenvalue weighted by molar-refractivity contribution is -0.125. The van der Waals surface area contributed by atoms with Crippen molar-refractivity contribution in [3.05, 3.63) is 35.9 Å². The van der Waals surface area contributed by atoms with Gasteiger partial charge in [-0.25, -0.2) is 0 Å². The molecule has 1 amide bonds. The van der Waals surface area contributed by atoms with Crippen molar-refractivity contribution in [1.29, 1.82) is 0 Å². The van der Waals surface area contributed by atoms with Gasteiger partial charge >= 0.3 is 0 Å². The number of hydrogen-bond acceptors (Lipinski definition) is 2. The van der Waals surface area contributed by atoms with E-state index < -0.39 is 0 Å². The van der Waals surface area contributed by atoms with Gasteiger partial charge < -0.3 is 11.1 Å². The van der Waals surface area contributed by atoms with E-state index in [1.807, 2.05) is 18.2 Å². The fraction of sp³-hybridized carbons (Fsp3) is 0.588. The van der Waals surface area contributed by atoms with Gasteiger partial charge in [-0.05, 0) is 43.6 Å². The lowest BCUT2D eigenvalue weighted by atomic mass is 9.87. The van der Waals surface area contributed by atoms with Crippen molar-refractivity contribution in [2.24, 2.45) is 17.6 Å².